The maximum absolute atomic E-state index is 10.7. The lowest BCUT2D eigenvalue weighted by molar-refractivity contribution is -0.188. The molecule has 0 spiro atoms. The highest BCUT2D eigenvalue weighted by atomic mass is 28.4. The van der Waals surface area contributed by atoms with Crippen molar-refractivity contribution in [1.29, 1.82) is 0 Å². The van der Waals surface area contributed by atoms with Gasteiger partial charge in [0.1, 0.15) is 14.2 Å². The summed E-state index contributed by atoms with van der Waals surface area (Å²) in [4.78, 5) is 0. The van der Waals surface area contributed by atoms with E-state index in [0.29, 0.717) is 6.61 Å². The third-order valence-electron chi connectivity index (χ3n) is 5.01. The van der Waals surface area contributed by atoms with Gasteiger partial charge in [-0.3, -0.25) is 0 Å². The van der Waals surface area contributed by atoms with Crippen LogP contribution in [0.4, 0.5) is 0 Å². The molecule has 0 bridgehead atoms. The summed E-state index contributed by atoms with van der Waals surface area (Å²) >= 11 is 0. The Morgan fingerprint density at radius 2 is 1.70 bits per heavy atom. The molecule has 1 aliphatic heterocycles. The van der Waals surface area contributed by atoms with E-state index in [-0.39, 0.29) is 23.2 Å². The van der Waals surface area contributed by atoms with Gasteiger partial charge in [0, 0.05) is 5.92 Å². The van der Waals surface area contributed by atoms with E-state index < -0.39 is 28.8 Å². The number of aliphatic hydroxyl groups is 1. The second-order valence-electron chi connectivity index (χ2n) is 10.2. The van der Waals surface area contributed by atoms with E-state index in [1.807, 2.05) is 26.0 Å². The molecule has 4 nitrogen and oxygen atoms in total. The number of aliphatic hydroxyl groups excluding tert-OH is 1. The quantitative estimate of drug-likeness (QED) is 0.394. The minimum atomic E-state index is -1.91. The predicted molar refractivity (Wildman–Crippen MR) is 118 cm³/mol. The van der Waals surface area contributed by atoms with Crippen molar-refractivity contribution >= 4 is 16.4 Å². The summed E-state index contributed by atoms with van der Waals surface area (Å²) in [5.74, 6) is 2.84. The van der Waals surface area contributed by atoms with Crippen LogP contribution in [0.15, 0.2) is 12.2 Å². The van der Waals surface area contributed by atoms with Gasteiger partial charge in [-0.2, -0.15) is 0 Å². The Kier molecular flexibility index (Phi) is 8.55. The Bertz CT molecular complexity index is 561. The monoisotopic (exact) mass is 412 g/mol. The first-order chi connectivity index (χ1) is 12.1. The molecule has 0 saturated carbocycles. The fourth-order valence-corrected chi connectivity index (χ4v) is 3.94. The molecule has 1 rings (SSSR count). The van der Waals surface area contributed by atoms with Gasteiger partial charge in [0.05, 0.1) is 18.8 Å². The van der Waals surface area contributed by atoms with Crippen LogP contribution in [-0.4, -0.2) is 52.7 Å². The molecule has 0 aromatic heterocycles. The van der Waals surface area contributed by atoms with Gasteiger partial charge in [-0.25, -0.2) is 0 Å². The van der Waals surface area contributed by atoms with Crippen LogP contribution in [0.25, 0.3) is 0 Å². The second kappa shape index (κ2) is 9.38. The normalized spacial score (nSPS) is 25.3. The summed E-state index contributed by atoms with van der Waals surface area (Å²) < 4.78 is 18.3. The molecule has 27 heavy (non-hydrogen) atoms. The van der Waals surface area contributed by atoms with E-state index in [2.05, 4.69) is 65.0 Å². The van der Waals surface area contributed by atoms with E-state index >= 15 is 0 Å². The molecule has 0 fully saturated rings. The Labute approximate surface area is 168 Å². The summed E-state index contributed by atoms with van der Waals surface area (Å²) in [5, 5.41) is 10.8. The zero-order valence-corrected chi connectivity index (χ0v) is 20.9. The zero-order valence-electron chi connectivity index (χ0n) is 18.9. The minimum absolute atomic E-state index is 0.0646. The van der Waals surface area contributed by atoms with Gasteiger partial charge in [0.25, 0.3) is 0 Å². The summed E-state index contributed by atoms with van der Waals surface area (Å²) in [5.41, 5.74) is 3.27. The Balaban J connectivity index is 2.97. The first-order valence-corrected chi connectivity index (χ1v) is 16.4. The number of hydrogen-bond donors (Lipinski definition) is 1. The molecule has 0 aliphatic carbocycles. The molecule has 0 aromatic rings. The lowest BCUT2D eigenvalue weighted by atomic mass is 9.94. The largest absolute Gasteiger partial charge is 0.414 e. The van der Waals surface area contributed by atoms with Crippen LogP contribution in [0.5, 0.6) is 0 Å². The van der Waals surface area contributed by atoms with Crippen LogP contribution in [-0.2, 0) is 13.9 Å². The third kappa shape index (κ3) is 8.22. The smallest absolute Gasteiger partial charge is 0.192 e. The molecular weight excluding hydrogens is 372 g/mol. The van der Waals surface area contributed by atoms with Crippen LogP contribution in [0.3, 0.4) is 0 Å². The Morgan fingerprint density at radius 1 is 1.11 bits per heavy atom. The summed E-state index contributed by atoms with van der Waals surface area (Å²) in [6.45, 7) is 22.0. The van der Waals surface area contributed by atoms with Gasteiger partial charge >= 0.3 is 0 Å². The van der Waals surface area contributed by atoms with Crippen LogP contribution in [0.1, 0.15) is 34.6 Å². The molecule has 4 atom stereocenters. The number of rotatable bonds is 6. The fraction of sp³-hybridized carbons (Fsp3) is 0.810. The molecule has 0 unspecified atom stereocenters. The molecule has 0 saturated heterocycles. The van der Waals surface area contributed by atoms with Gasteiger partial charge in [-0.15, -0.1) is 5.54 Å². The lowest BCUT2D eigenvalue weighted by Crippen LogP contribution is -2.47. The van der Waals surface area contributed by atoms with Crippen LogP contribution in [0, 0.1) is 17.4 Å². The van der Waals surface area contributed by atoms with E-state index in [4.69, 9.17) is 13.9 Å². The summed E-state index contributed by atoms with van der Waals surface area (Å²) in [6, 6.07) is 0. The van der Waals surface area contributed by atoms with E-state index in [0.717, 1.165) is 0 Å². The fourth-order valence-electron chi connectivity index (χ4n) is 2.35. The highest BCUT2D eigenvalue weighted by molar-refractivity contribution is 6.83. The SMILES string of the molecule is CC(C)O[C@@H]1C=C[C@H]([C@@H](O)C#C[Si](C)(C)C)[C@@H](CO[Si](C)(C)C(C)(C)C)O1. The van der Waals surface area contributed by atoms with Gasteiger partial charge in [0.2, 0.25) is 0 Å². The van der Waals surface area contributed by atoms with Crippen molar-refractivity contribution in [2.45, 2.75) is 97.0 Å². The highest BCUT2D eigenvalue weighted by Gasteiger charge is 2.40. The van der Waals surface area contributed by atoms with Gasteiger partial charge in [-0.1, -0.05) is 52.4 Å². The highest BCUT2D eigenvalue weighted by Crippen LogP contribution is 2.37. The first-order valence-electron chi connectivity index (χ1n) is 9.96. The summed E-state index contributed by atoms with van der Waals surface area (Å²) in [7, 11) is -3.46. The van der Waals surface area contributed by atoms with Crippen molar-refractivity contribution in [3.63, 3.8) is 0 Å². The van der Waals surface area contributed by atoms with E-state index in [1.165, 1.54) is 0 Å². The first kappa shape index (κ1) is 24.6. The second-order valence-corrected chi connectivity index (χ2v) is 19.8. The molecule has 0 radical (unpaired) electrons. The van der Waals surface area contributed by atoms with Crippen molar-refractivity contribution in [3.05, 3.63) is 12.2 Å². The van der Waals surface area contributed by atoms with Crippen molar-refractivity contribution in [3.8, 4) is 11.5 Å². The van der Waals surface area contributed by atoms with Crippen molar-refractivity contribution < 1.29 is 19.0 Å². The maximum atomic E-state index is 10.7. The van der Waals surface area contributed by atoms with Crippen molar-refractivity contribution in [2.24, 2.45) is 5.92 Å². The average Bonchev–Trinajstić information content (AvgIpc) is 2.48. The van der Waals surface area contributed by atoms with Crippen LogP contribution < -0.4 is 0 Å². The van der Waals surface area contributed by atoms with Gasteiger partial charge in [0.15, 0.2) is 14.6 Å². The Hall–Kier alpha value is -0.426. The zero-order chi connectivity index (χ0) is 21.0. The molecule has 156 valence electrons. The van der Waals surface area contributed by atoms with E-state index in [9.17, 15) is 5.11 Å². The van der Waals surface area contributed by atoms with Crippen LogP contribution in [0.2, 0.25) is 37.8 Å². The molecule has 0 amide bonds. The molecule has 0 aromatic carbocycles. The van der Waals surface area contributed by atoms with Crippen molar-refractivity contribution in [2.75, 3.05) is 6.61 Å². The molecule has 1 heterocycles. The van der Waals surface area contributed by atoms with Crippen LogP contribution >= 0.6 is 0 Å². The predicted octanol–water partition coefficient (Wildman–Crippen LogP) is 4.57. The lowest BCUT2D eigenvalue weighted by Gasteiger charge is -2.40. The maximum Gasteiger partial charge on any atom is 0.192 e. The summed E-state index contributed by atoms with van der Waals surface area (Å²) in [6.07, 6.45) is 2.48. The van der Waals surface area contributed by atoms with Gasteiger partial charge in [-0.05, 0) is 38.1 Å². The third-order valence-corrected chi connectivity index (χ3v) is 10.4. The molecular formula is C21H40O4Si2. The molecule has 1 aliphatic rings. The number of ether oxygens (including phenoxy) is 2. The Morgan fingerprint density at radius 3 is 2.19 bits per heavy atom. The molecule has 1 N–H and O–H groups in total. The molecule has 6 heteroatoms. The minimum Gasteiger partial charge on any atom is -0.414 e. The standard InChI is InChI=1S/C21H40O4Si2/c1-16(2)24-20-12-11-17(18(22)13-14-26(6,7)8)19(25-20)15-23-27(9,10)21(3,4)5/h11-12,16-20,22H,15H2,1-10H3/t17-,18+,19-,20+/m1/s1. The van der Waals surface area contributed by atoms with E-state index in [1.54, 1.807) is 0 Å². The number of hydrogen-bond acceptors (Lipinski definition) is 4. The van der Waals surface area contributed by atoms with Gasteiger partial charge < -0.3 is 19.0 Å². The topological polar surface area (TPSA) is 47.9 Å². The van der Waals surface area contributed by atoms with Crippen molar-refractivity contribution in [1.82, 2.24) is 0 Å². The average molecular weight is 413 g/mol.